The van der Waals surface area contributed by atoms with E-state index < -0.39 is 0 Å². The number of carbonyl (C=O) groups excluding carboxylic acids is 1. The summed E-state index contributed by atoms with van der Waals surface area (Å²) in [7, 11) is 0. The number of thiophene rings is 1. The number of hydrogen-bond donors (Lipinski definition) is 2. The van der Waals surface area contributed by atoms with Crippen molar-refractivity contribution in [2.24, 2.45) is 10.9 Å². The van der Waals surface area contributed by atoms with Gasteiger partial charge < -0.3 is 15.8 Å². The lowest BCUT2D eigenvalue weighted by molar-refractivity contribution is 0.0791. The van der Waals surface area contributed by atoms with Crippen LogP contribution in [0.1, 0.15) is 16.6 Å². The first kappa shape index (κ1) is 13.4. The molecule has 1 amide bonds. The molecule has 0 bridgehead atoms. The number of nitrogens with zero attached hydrogens (tertiary/aromatic N) is 2. The van der Waals surface area contributed by atoms with Gasteiger partial charge in [0.25, 0.3) is 5.91 Å². The van der Waals surface area contributed by atoms with E-state index in [2.05, 4.69) is 5.16 Å². The van der Waals surface area contributed by atoms with E-state index in [4.69, 9.17) is 10.9 Å². The molecule has 0 aliphatic carbocycles. The normalized spacial score (nSPS) is 11.7. The Labute approximate surface area is 114 Å². The highest BCUT2D eigenvalue weighted by Crippen LogP contribution is 2.26. The molecule has 5 nitrogen and oxygen atoms in total. The Morgan fingerprint density at radius 1 is 1.47 bits per heavy atom. The maximum Gasteiger partial charge on any atom is 0.264 e. The largest absolute Gasteiger partial charge is 0.409 e. The van der Waals surface area contributed by atoms with Gasteiger partial charge in [-0.25, -0.2) is 0 Å². The van der Waals surface area contributed by atoms with E-state index in [0.29, 0.717) is 11.4 Å². The summed E-state index contributed by atoms with van der Waals surface area (Å²) in [6.07, 6.45) is 0. The first-order chi connectivity index (χ1) is 9.15. The fourth-order valence-corrected chi connectivity index (χ4v) is 2.83. The smallest absolute Gasteiger partial charge is 0.264 e. The van der Waals surface area contributed by atoms with Gasteiger partial charge in [0.15, 0.2) is 5.84 Å². The lowest BCUT2D eigenvalue weighted by Crippen LogP contribution is -2.38. The number of amidine groups is 1. The Bertz CT molecular complexity index is 588. The number of likely N-dealkylation sites (N-methyl/N-ethyl adjacent to an activating group) is 1. The Morgan fingerprint density at radius 3 is 2.84 bits per heavy atom. The maximum atomic E-state index is 12.3. The fraction of sp³-hybridized carbons (Fsp3) is 0.231. The average molecular weight is 277 g/mol. The van der Waals surface area contributed by atoms with Gasteiger partial charge in [0.1, 0.15) is 0 Å². The zero-order valence-corrected chi connectivity index (χ0v) is 11.4. The van der Waals surface area contributed by atoms with Crippen molar-refractivity contribution in [1.29, 1.82) is 0 Å². The minimum absolute atomic E-state index is 0.0244. The second kappa shape index (κ2) is 5.71. The zero-order chi connectivity index (χ0) is 13.8. The first-order valence-corrected chi connectivity index (χ1v) is 6.71. The van der Waals surface area contributed by atoms with Crippen LogP contribution in [-0.2, 0) is 0 Å². The number of nitrogens with two attached hydrogens (primary N) is 1. The SMILES string of the molecule is CCN(CC(N)=NO)C(=O)c1cc2ccccc2s1. The summed E-state index contributed by atoms with van der Waals surface area (Å²) in [4.78, 5) is 14.5. The van der Waals surface area contributed by atoms with Crippen LogP contribution in [0.2, 0.25) is 0 Å². The predicted octanol–water partition coefficient (Wildman–Crippen LogP) is 2.11. The molecule has 0 spiro atoms. The molecule has 2 aromatic rings. The van der Waals surface area contributed by atoms with Crippen molar-refractivity contribution in [3.05, 3.63) is 35.2 Å². The van der Waals surface area contributed by atoms with Gasteiger partial charge in [-0.15, -0.1) is 11.3 Å². The predicted molar refractivity (Wildman–Crippen MR) is 76.8 cm³/mol. The summed E-state index contributed by atoms with van der Waals surface area (Å²) in [6, 6.07) is 9.72. The van der Waals surface area contributed by atoms with Gasteiger partial charge in [-0.1, -0.05) is 23.4 Å². The van der Waals surface area contributed by atoms with Crippen LogP contribution in [0.25, 0.3) is 10.1 Å². The zero-order valence-electron chi connectivity index (χ0n) is 10.5. The van der Waals surface area contributed by atoms with E-state index in [1.165, 1.54) is 11.3 Å². The molecule has 0 aliphatic heterocycles. The van der Waals surface area contributed by atoms with E-state index >= 15 is 0 Å². The summed E-state index contributed by atoms with van der Waals surface area (Å²) < 4.78 is 1.07. The van der Waals surface area contributed by atoms with Crippen LogP contribution in [0.5, 0.6) is 0 Å². The summed E-state index contributed by atoms with van der Waals surface area (Å²) in [5, 5.41) is 12.5. The molecule has 6 heteroatoms. The van der Waals surface area contributed by atoms with Gasteiger partial charge in [-0.2, -0.15) is 0 Å². The molecular formula is C13H15N3O2S. The maximum absolute atomic E-state index is 12.3. The second-order valence-corrected chi connectivity index (χ2v) is 5.14. The molecule has 0 saturated carbocycles. The Hall–Kier alpha value is -2.08. The topological polar surface area (TPSA) is 78.9 Å². The minimum Gasteiger partial charge on any atom is -0.409 e. The van der Waals surface area contributed by atoms with Crippen LogP contribution in [-0.4, -0.2) is 34.9 Å². The summed E-state index contributed by atoms with van der Waals surface area (Å²) in [6.45, 7) is 2.49. The molecule has 0 aliphatic rings. The van der Waals surface area contributed by atoms with E-state index in [9.17, 15) is 4.79 Å². The van der Waals surface area contributed by atoms with Gasteiger partial charge in [0.05, 0.1) is 11.4 Å². The highest BCUT2D eigenvalue weighted by molar-refractivity contribution is 7.20. The third-order valence-corrected chi connectivity index (χ3v) is 3.89. The van der Waals surface area contributed by atoms with Gasteiger partial charge in [-0.3, -0.25) is 4.79 Å². The summed E-state index contributed by atoms with van der Waals surface area (Å²) in [5.74, 6) is -0.0772. The molecule has 0 saturated heterocycles. The van der Waals surface area contributed by atoms with Crippen molar-refractivity contribution < 1.29 is 10.0 Å². The number of rotatable bonds is 4. The lowest BCUT2D eigenvalue weighted by Gasteiger charge is -2.18. The van der Waals surface area contributed by atoms with Crippen LogP contribution < -0.4 is 5.73 Å². The van der Waals surface area contributed by atoms with Crippen molar-refractivity contribution in [3.63, 3.8) is 0 Å². The molecule has 0 fully saturated rings. The average Bonchev–Trinajstić information content (AvgIpc) is 2.87. The summed E-state index contributed by atoms with van der Waals surface area (Å²) >= 11 is 1.45. The number of hydrogen-bond acceptors (Lipinski definition) is 4. The van der Waals surface area contributed by atoms with E-state index in [-0.39, 0.29) is 18.3 Å². The molecule has 0 atom stereocenters. The van der Waals surface area contributed by atoms with Crippen LogP contribution in [0, 0.1) is 0 Å². The number of amides is 1. The Balaban J connectivity index is 2.26. The van der Waals surface area contributed by atoms with Crippen molar-refractivity contribution in [3.8, 4) is 0 Å². The molecule has 0 radical (unpaired) electrons. The number of oxime groups is 1. The number of carbonyl (C=O) groups is 1. The van der Waals surface area contributed by atoms with Crippen molar-refractivity contribution in [2.75, 3.05) is 13.1 Å². The standard InChI is InChI=1S/C13H15N3O2S/c1-2-16(8-12(14)15-18)13(17)11-7-9-5-3-4-6-10(9)19-11/h3-7,18H,2,8H2,1H3,(H2,14,15). The quantitative estimate of drug-likeness (QED) is 0.389. The van der Waals surface area contributed by atoms with Gasteiger partial charge >= 0.3 is 0 Å². The van der Waals surface area contributed by atoms with Crippen molar-refractivity contribution in [1.82, 2.24) is 4.90 Å². The molecule has 2 rings (SSSR count). The molecule has 1 aromatic carbocycles. The molecule has 1 aromatic heterocycles. The lowest BCUT2D eigenvalue weighted by atomic mass is 10.2. The van der Waals surface area contributed by atoms with Crippen LogP contribution in [0.15, 0.2) is 35.5 Å². The number of fused-ring (bicyclic) bond motifs is 1. The van der Waals surface area contributed by atoms with Gasteiger partial charge in [0, 0.05) is 11.2 Å². The van der Waals surface area contributed by atoms with Crippen molar-refractivity contribution >= 4 is 33.2 Å². The van der Waals surface area contributed by atoms with Crippen LogP contribution in [0.3, 0.4) is 0 Å². The van der Waals surface area contributed by atoms with E-state index in [1.807, 2.05) is 37.3 Å². The van der Waals surface area contributed by atoms with E-state index in [0.717, 1.165) is 10.1 Å². The molecule has 19 heavy (non-hydrogen) atoms. The van der Waals surface area contributed by atoms with Gasteiger partial charge in [-0.05, 0) is 24.4 Å². The molecule has 1 heterocycles. The minimum atomic E-state index is -0.102. The van der Waals surface area contributed by atoms with Crippen LogP contribution >= 0.6 is 11.3 Å². The van der Waals surface area contributed by atoms with Crippen molar-refractivity contribution in [2.45, 2.75) is 6.92 Å². The molecule has 0 unspecified atom stereocenters. The Morgan fingerprint density at radius 2 is 2.21 bits per heavy atom. The third-order valence-electron chi connectivity index (χ3n) is 2.79. The molecule has 100 valence electrons. The van der Waals surface area contributed by atoms with Crippen LogP contribution in [0.4, 0.5) is 0 Å². The Kier molecular flexibility index (Phi) is 4.01. The highest BCUT2D eigenvalue weighted by Gasteiger charge is 2.17. The number of benzene rings is 1. The molecular weight excluding hydrogens is 262 g/mol. The van der Waals surface area contributed by atoms with E-state index in [1.54, 1.807) is 4.90 Å². The first-order valence-electron chi connectivity index (χ1n) is 5.90. The second-order valence-electron chi connectivity index (χ2n) is 4.06. The third kappa shape index (κ3) is 2.85. The molecule has 3 N–H and O–H groups in total. The fourth-order valence-electron chi connectivity index (χ4n) is 1.80. The highest BCUT2D eigenvalue weighted by atomic mass is 32.1. The summed E-state index contributed by atoms with van der Waals surface area (Å²) in [5.41, 5.74) is 5.45. The van der Waals surface area contributed by atoms with Gasteiger partial charge in [0.2, 0.25) is 0 Å². The monoisotopic (exact) mass is 277 g/mol.